The summed E-state index contributed by atoms with van der Waals surface area (Å²) in [6, 6.07) is 16.2. The van der Waals surface area contributed by atoms with Crippen LogP contribution in [0.5, 0.6) is 0 Å². The van der Waals surface area contributed by atoms with Gasteiger partial charge in [0.15, 0.2) is 0 Å². The fourth-order valence-corrected chi connectivity index (χ4v) is 4.10. The van der Waals surface area contributed by atoms with Gasteiger partial charge in [-0.15, -0.1) is 0 Å². The van der Waals surface area contributed by atoms with Crippen LogP contribution in [0.3, 0.4) is 0 Å². The Kier molecular flexibility index (Phi) is 3.75. The zero-order valence-electron chi connectivity index (χ0n) is 14.4. The first kappa shape index (κ1) is 15.6. The largest absolute Gasteiger partial charge is 0.374 e. The van der Waals surface area contributed by atoms with Gasteiger partial charge < -0.3 is 15.0 Å². The van der Waals surface area contributed by atoms with Crippen molar-refractivity contribution in [1.29, 1.82) is 0 Å². The van der Waals surface area contributed by atoms with Crippen LogP contribution in [0.15, 0.2) is 48.5 Å². The molecule has 2 aliphatic rings. The smallest absolute Gasteiger partial charge is 0.226 e. The molecule has 2 saturated heterocycles. The molecule has 5 rings (SSSR count). The predicted molar refractivity (Wildman–Crippen MR) is 99.4 cm³/mol. The van der Waals surface area contributed by atoms with E-state index in [1.807, 2.05) is 48.5 Å². The Labute approximate surface area is 151 Å². The van der Waals surface area contributed by atoms with Crippen LogP contribution in [0.1, 0.15) is 24.8 Å². The number of fused-ring (bicyclic) bond motifs is 3. The summed E-state index contributed by atoms with van der Waals surface area (Å²) in [5, 5.41) is 3.06. The zero-order chi connectivity index (χ0) is 17.5. The average molecular weight is 347 g/mol. The number of carbonyl (C=O) groups excluding carboxylic acids is 1. The van der Waals surface area contributed by atoms with E-state index in [0.717, 1.165) is 47.2 Å². The second-order valence-corrected chi connectivity index (χ2v) is 7.23. The molecule has 2 N–H and O–H groups in total. The van der Waals surface area contributed by atoms with Crippen molar-refractivity contribution in [1.82, 2.24) is 15.3 Å². The number of benzene rings is 2. The number of carbonyl (C=O) groups is 1. The number of ether oxygens (including phenoxy) is 1. The van der Waals surface area contributed by atoms with Gasteiger partial charge in [-0.3, -0.25) is 4.79 Å². The monoisotopic (exact) mass is 347 g/mol. The van der Waals surface area contributed by atoms with Crippen molar-refractivity contribution in [2.45, 2.75) is 38.0 Å². The van der Waals surface area contributed by atoms with Gasteiger partial charge in [0.1, 0.15) is 5.82 Å². The molecule has 2 aromatic carbocycles. The Balaban J connectivity index is 1.24. The summed E-state index contributed by atoms with van der Waals surface area (Å²) in [6.45, 7) is 0.549. The molecule has 0 unspecified atom stereocenters. The molecule has 0 saturated carbocycles. The van der Waals surface area contributed by atoms with E-state index in [2.05, 4.69) is 15.3 Å². The molecule has 1 amide bonds. The lowest BCUT2D eigenvalue weighted by atomic mass is 9.88. The van der Waals surface area contributed by atoms with E-state index in [1.54, 1.807) is 0 Å². The number of nitrogens with one attached hydrogen (secondary N) is 2. The van der Waals surface area contributed by atoms with Crippen molar-refractivity contribution in [2.24, 2.45) is 5.92 Å². The molecule has 0 aliphatic carbocycles. The van der Waals surface area contributed by atoms with Crippen LogP contribution in [0.4, 0.5) is 0 Å². The average Bonchev–Trinajstić information content (AvgIpc) is 3.41. The molecule has 3 atom stereocenters. The minimum Gasteiger partial charge on any atom is -0.374 e. The number of aromatic nitrogens is 2. The Bertz CT molecular complexity index is 914. The van der Waals surface area contributed by atoms with Gasteiger partial charge >= 0.3 is 0 Å². The molecule has 3 heterocycles. The summed E-state index contributed by atoms with van der Waals surface area (Å²) in [4.78, 5) is 20.4. The maximum atomic E-state index is 12.4. The molecule has 2 fully saturated rings. The molecule has 132 valence electrons. The fraction of sp³-hybridized carbons (Fsp3) is 0.333. The summed E-state index contributed by atoms with van der Waals surface area (Å²) in [5.41, 5.74) is 4.12. The second kappa shape index (κ2) is 6.25. The molecule has 2 aliphatic heterocycles. The van der Waals surface area contributed by atoms with Gasteiger partial charge in [0.05, 0.1) is 29.2 Å². The normalized spacial score (nSPS) is 24.2. The van der Waals surface area contributed by atoms with Crippen molar-refractivity contribution in [3.8, 4) is 11.4 Å². The first-order valence-corrected chi connectivity index (χ1v) is 9.23. The second-order valence-electron chi connectivity index (χ2n) is 7.23. The van der Waals surface area contributed by atoms with Gasteiger partial charge in [-0.1, -0.05) is 36.4 Å². The molecular formula is C21H21N3O2. The summed E-state index contributed by atoms with van der Waals surface area (Å²) >= 11 is 0. The lowest BCUT2D eigenvalue weighted by Crippen LogP contribution is -2.35. The van der Waals surface area contributed by atoms with Gasteiger partial charge in [0, 0.05) is 12.1 Å². The molecule has 0 radical (unpaired) electrons. The lowest BCUT2D eigenvalue weighted by molar-refractivity contribution is -0.126. The topological polar surface area (TPSA) is 67.0 Å². The van der Waals surface area contributed by atoms with Gasteiger partial charge in [0.25, 0.3) is 0 Å². The SMILES string of the molecule is O=C(NCc1ccc(-c2nc3ccccc3[nH]2)cc1)[C@@H]1C[C@H]2CC[C@H]1O2. The Morgan fingerprint density at radius 2 is 2.00 bits per heavy atom. The molecule has 1 aromatic heterocycles. The molecule has 3 aromatic rings. The Morgan fingerprint density at radius 1 is 1.15 bits per heavy atom. The van der Waals surface area contributed by atoms with Gasteiger partial charge in [0.2, 0.25) is 5.91 Å². The summed E-state index contributed by atoms with van der Waals surface area (Å²) in [6.07, 6.45) is 3.45. The van der Waals surface area contributed by atoms with Crippen LogP contribution >= 0.6 is 0 Å². The first-order valence-electron chi connectivity index (χ1n) is 9.23. The number of hydrogen-bond acceptors (Lipinski definition) is 3. The number of imidazole rings is 1. The highest BCUT2D eigenvalue weighted by atomic mass is 16.5. The van der Waals surface area contributed by atoms with Gasteiger partial charge in [-0.25, -0.2) is 4.98 Å². The molecule has 5 heteroatoms. The number of H-pyrrole nitrogens is 1. The number of aromatic amines is 1. The lowest BCUT2D eigenvalue weighted by Gasteiger charge is -2.18. The number of rotatable bonds is 4. The third-order valence-electron chi connectivity index (χ3n) is 5.53. The highest BCUT2D eigenvalue weighted by Crippen LogP contribution is 2.38. The van der Waals surface area contributed by atoms with Crippen molar-refractivity contribution in [2.75, 3.05) is 0 Å². The maximum Gasteiger partial charge on any atom is 0.226 e. The van der Waals surface area contributed by atoms with Gasteiger partial charge in [-0.05, 0) is 37.0 Å². The van der Waals surface area contributed by atoms with Crippen LogP contribution in [-0.2, 0) is 16.1 Å². The highest BCUT2D eigenvalue weighted by molar-refractivity contribution is 5.80. The van der Waals surface area contributed by atoms with E-state index in [9.17, 15) is 4.79 Å². The minimum absolute atomic E-state index is 0.0311. The first-order chi connectivity index (χ1) is 12.8. The molecule has 0 spiro atoms. The summed E-state index contributed by atoms with van der Waals surface area (Å²) < 4.78 is 5.78. The predicted octanol–water partition coefficient (Wildman–Crippen LogP) is 3.41. The fourth-order valence-electron chi connectivity index (χ4n) is 4.10. The van der Waals surface area contributed by atoms with Crippen molar-refractivity contribution in [3.05, 3.63) is 54.1 Å². The molecule has 2 bridgehead atoms. The van der Waals surface area contributed by atoms with Gasteiger partial charge in [-0.2, -0.15) is 0 Å². The van der Waals surface area contributed by atoms with Crippen molar-refractivity contribution >= 4 is 16.9 Å². The zero-order valence-corrected chi connectivity index (χ0v) is 14.4. The molecule has 5 nitrogen and oxygen atoms in total. The van der Waals surface area contributed by atoms with Crippen LogP contribution in [0, 0.1) is 5.92 Å². The number of hydrogen-bond donors (Lipinski definition) is 2. The Hall–Kier alpha value is -2.66. The standard InChI is InChI=1S/C21H21N3O2/c25-21(16-11-15-9-10-19(16)26-15)22-12-13-5-7-14(8-6-13)20-23-17-3-1-2-4-18(17)24-20/h1-8,15-16,19H,9-12H2,(H,22,25)(H,23,24)/t15-,16-,19-/m1/s1. The molecular weight excluding hydrogens is 326 g/mol. The summed E-state index contributed by atoms with van der Waals surface area (Å²) in [7, 11) is 0. The maximum absolute atomic E-state index is 12.4. The number of amides is 1. The van der Waals surface area contributed by atoms with Crippen LogP contribution < -0.4 is 5.32 Å². The van der Waals surface area contributed by atoms with E-state index in [4.69, 9.17) is 4.74 Å². The Morgan fingerprint density at radius 3 is 2.73 bits per heavy atom. The summed E-state index contributed by atoms with van der Waals surface area (Å²) in [5.74, 6) is 1.02. The van der Waals surface area contributed by atoms with Crippen molar-refractivity contribution in [3.63, 3.8) is 0 Å². The molecule has 26 heavy (non-hydrogen) atoms. The van der Waals surface area contributed by atoms with Crippen LogP contribution in [-0.4, -0.2) is 28.1 Å². The third kappa shape index (κ3) is 2.78. The van der Waals surface area contributed by atoms with Crippen LogP contribution in [0.2, 0.25) is 0 Å². The quantitative estimate of drug-likeness (QED) is 0.760. The highest BCUT2D eigenvalue weighted by Gasteiger charge is 2.44. The van der Waals surface area contributed by atoms with E-state index in [1.165, 1.54) is 0 Å². The van der Waals surface area contributed by atoms with E-state index >= 15 is 0 Å². The van der Waals surface area contributed by atoms with E-state index in [-0.39, 0.29) is 17.9 Å². The van der Waals surface area contributed by atoms with E-state index < -0.39 is 0 Å². The third-order valence-corrected chi connectivity index (χ3v) is 5.53. The number of para-hydroxylation sites is 2. The van der Waals surface area contributed by atoms with E-state index in [0.29, 0.717) is 12.6 Å². The van der Waals surface area contributed by atoms with Crippen LogP contribution in [0.25, 0.3) is 22.4 Å². The minimum atomic E-state index is 0.0311. The number of nitrogens with zero attached hydrogens (tertiary/aromatic N) is 1. The van der Waals surface area contributed by atoms with Crippen molar-refractivity contribution < 1.29 is 9.53 Å².